The molecule has 6 nitrogen and oxygen atoms in total. The molecule has 0 amide bonds. The number of ether oxygens (including phenoxy) is 1. The number of unbranched alkanes of at least 4 members (excludes halogenated alkanes) is 1. The third-order valence-electron chi connectivity index (χ3n) is 6.06. The fraction of sp³-hybridized carbons (Fsp3) is 0.583. The van der Waals surface area contributed by atoms with Crippen molar-refractivity contribution < 1.29 is 29.6 Å². The van der Waals surface area contributed by atoms with Crippen LogP contribution in [0.3, 0.4) is 0 Å². The second-order valence-electron chi connectivity index (χ2n) is 8.87. The molecule has 5 atom stereocenters. The van der Waals surface area contributed by atoms with Gasteiger partial charge in [0, 0.05) is 18.3 Å². The molecule has 0 radical (unpaired) electrons. The van der Waals surface area contributed by atoms with E-state index in [1.54, 1.807) is 42.5 Å². The molecule has 166 valence electrons. The van der Waals surface area contributed by atoms with Crippen molar-refractivity contribution in [3.05, 3.63) is 48.0 Å². The average Bonchev–Trinajstić information content (AvgIpc) is 2.98. The zero-order valence-electron chi connectivity index (χ0n) is 18.0. The Balaban J connectivity index is 2.19. The molecule has 1 fully saturated rings. The van der Waals surface area contributed by atoms with Gasteiger partial charge >= 0.3 is 11.9 Å². The lowest BCUT2D eigenvalue weighted by molar-refractivity contribution is -0.139. The Hall–Kier alpha value is -2.18. The van der Waals surface area contributed by atoms with Crippen LogP contribution in [0.25, 0.3) is 0 Å². The number of hydrogen-bond acceptors (Lipinski definition) is 5. The Labute approximate surface area is 178 Å². The van der Waals surface area contributed by atoms with Gasteiger partial charge in [0.2, 0.25) is 0 Å². The average molecular weight is 419 g/mol. The van der Waals surface area contributed by atoms with E-state index in [2.05, 4.69) is 6.92 Å². The van der Waals surface area contributed by atoms with Crippen molar-refractivity contribution in [1.29, 1.82) is 0 Å². The molecule has 1 aliphatic carbocycles. The summed E-state index contributed by atoms with van der Waals surface area (Å²) in [6, 6.07) is 8.56. The summed E-state index contributed by atoms with van der Waals surface area (Å²) in [6.07, 6.45) is 3.94. The van der Waals surface area contributed by atoms with Crippen LogP contribution >= 0.6 is 0 Å². The molecular formula is C24H34O6. The SMILES string of the molecule is CCCCC(C)(C)C(O)C=C[C@H]1[C@H](CC(=O)O)[C@H](O)C[C@@H]1OC(=O)c1ccccc1. The number of carbonyl (C=O) groups is 2. The lowest BCUT2D eigenvalue weighted by atomic mass is 9.80. The Bertz CT molecular complexity index is 726. The van der Waals surface area contributed by atoms with E-state index in [0.29, 0.717) is 5.56 Å². The molecule has 0 heterocycles. The molecule has 0 saturated heterocycles. The van der Waals surface area contributed by atoms with Crippen molar-refractivity contribution >= 4 is 11.9 Å². The van der Waals surface area contributed by atoms with Gasteiger partial charge in [-0.15, -0.1) is 0 Å². The Morgan fingerprint density at radius 2 is 1.93 bits per heavy atom. The number of rotatable bonds is 10. The quantitative estimate of drug-likeness (QED) is 0.394. The van der Waals surface area contributed by atoms with E-state index >= 15 is 0 Å². The summed E-state index contributed by atoms with van der Waals surface area (Å²) in [4.78, 5) is 23.8. The van der Waals surface area contributed by atoms with Gasteiger partial charge in [-0.2, -0.15) is 0 Å². The van der Waals surface area contributed by atoms with E-state index in [-0.39, 0.29) is 18.3 Å². The number of esters is 1. The van der Waals surface area contributed by atoms with Crippen molar-refractivity contribution in [2.75, 3.05) is 0 Å². The maximum atomic E-state index is 12.5. The van der Waals surface area contributed by atoms with Crippen LogP contribution in [0.2, 0.25) is 0 Å². The maximum absolute atomic E-state index is 12.5. The van der Waals surface area contributed by atoms with Gasteiger partial charge in [0.1, 0.15) is 6.10 Å². The highest BCUT2D eigenvalue weighted by Crippen LogP contribution is 2.39. The second-order valence-corrected chi connectivity index (χ2v) is 8.87. The topological polar surface area (TPSA) is 104 Å². The van der Waals surface area contributed by atoms with Crippen LogP contribution in [0.1, 0.15) is 63.2 Å². The minimum atomic E-state index is -1.02. The number of aliphatic hydroxyl groups is 2. The van der Waals surface area contributed by atoms with Crippen LogP contribution in [-0.2, 0) is 9.53 Å². The molecular weight excluding hydrogens is 384 g/mol. The fourth-order valence-corrected chi connectivity index (χ4v) is 4.02. The molecule has 30 heavy (non-hydrogen) atoms. The van der Waals surface area contributed by atoms with Crippen LogP contribution in [0.15, 0.2) is 42.5 Å². The van der Waals surface area contributed by atoms with Crippen molar-refractivity contribution in [3.8, 4) is 0 Å². The van der Waals surface area contributed by atoms with Crippen molar-refractivity contribution in [2.45, 2.75) is 71.2 Å². The number of aliphatic hydroxyl groups excluding tert-OH is 2. The zero-order chi connectivity index (χ0) is 22.3. The van der Waals surface area contributed by atoms with Gasteiger partial charge in [0.05, 0.1) is 24.2 Å². The number of carboxylic acids is 1. The highest BCUT2D eigenvalue weighted by Gasteiger charge is 2.44. The van der Waals surface area contributed by atoms with Crippen LogP contribution in [0.4, 0.5) is 0 Å². The van der Waals surface area contributed by atoms with Gasteiger partial charge in [-0.25, -0.2) is 4.79 Å². The summed E-state index contributed by atoms with van der Waals surface area (Å²) in [5.74, 6) is -2.60. The van der Waals surface area contributed by atoms with Gasteiger partial charge in [0.15, 0.2) is 0 Å². The minimum absolute atomic E-state index is 0.168. The number of benzene rings is 1. The molecule has 1 aliphatic rings. The summed E-state index contributed by atoms with van der Waals surface area (Å²) >= 11 is 0. The first kappa shape index (κ1) is 24.1. The largest absolute Gasteiger partial charge is 0.481 e. The first-order chi connectivity index (χ1) is 14.2. The van der Waals surface area contributed by atoms with E-state index in [1.807, 2.05) is 13.8 Å². The molecule has 1 saturated carbocycles. The normalized spacial score (nSPS) is 25.4. The Kier molecular flexibility index (Phi) is 8.62. The number of hydrogen-bond donors (Lipinski definition) is 3. The van der Waals surface area contributed by atoms with E-state index in [9.17, 15) is 24.9 Å². The van der Waals surface area contributed by atoms with Crippen LogP contribution in [0, 0.1) is 17.3 Å². The van der Waals surface area contributed by atoms with Gasteiger partial charge in [0.25, 0.3) is 0 Å². The van der Waals surface area contributed by atoms with Gasteiger partial charge in [-0.3, -0.25) is 4.79 Å². The van der Waals surface area contributed by atoms with Gasteiger partial charge in [-0.1, -0.05) is 64.0 Å². The van der Waals surface area contributed by atoms with E-state index in [4.69, 9.17) is 4.74 Å². The van der Waals surface area contributed by atoms with E-state index < -0.39 is 42.1 Å². The molecule has 0 aromatic heterocycles. The Morgan fingerprint density at radius 3 is 2.53 bits per heavy atom. The number of carbonyl (C=O) groups excluding carboxylic acids is 1. The molecule has 1 aromatic carbocycles. The molecule has 1 aromatic rings. The smallest absolute Gasteiger partial charge is 0.338 e. The summed E-state index contributed by atoms with van der Waals surface area (Å²) < 4.78 is 5.65. The number of carboxylic acid groups (broad SMARTS) is 1. The minimum Gasteiger partial charge on any atom is -0.481 e. The molecule has 0 spiro atoms. The lowest BCUT2D eigenvalue weighted by Gasteiger charge is -2.29. The molecule has 0 aliphatic heterocycles. The molecule has 2 rings (SSSR count). The summed E-state index contributed by atoms with van der Waals surface area (Å²) in [6.45, 7) is 6.08. The van der Waals surface area contributed by atoms with Crippen LogP contribution < -0.4 is 0 Å². The van der Waals surface area contributed by atoms with Gasteiger partial charge < -0.3 is 20.1 Å². The maximum Gasteiger partial charge on any atom is 0.338 e. The van der Waals surface area contributed by atoms with E-state index in [0.717, 1.165) is 19.3 Å². The van der Waals surface area contributed by atoms with Crippen LogP contribution in [-0.4, -0.2) is 45.6 Å². The highest BCUT2D eigenvalue weighted by atomic mass is 16.5. The first-order valence-corrected chi connectivity index (χ1v) is 10.7. The monoisotopic (exact) mass is 418 g/mol. The summed E-state index contributed by atoms with van der Waals surface area (Å²) in [5, 5.41) is 30.4. The molecule has 6 heteroatoms. The van der Waals surface area contributed by atoms with Gasteiger partial charge in [-0.05, 0) is 24.0 Å². The van der Waals surface area contributed by atoms with Crippen molar-refractivity contribution in [3.63, 3.8) is 0 Å². The predicted molar refractivity (Wildman–Crippen MR) is 114 cm³/mol. The Morgan fingerprint density at radius 1 is 1.27 bits per heavy atom. The first-order valence-electron chi connectivity index (χ1n) is 10.7. The molecule has 3 N–H and O–H groups in total. The lowest BCUT2D eigenvalue weighted by Crippen LogP contribution is -2.29. The summed E-state index contributed by atoms with van der Waals surface area (Å²) in [7, 11) is 0. The third kappa shape index (κ3) is 6.41. The van der Waals surface area contributed by atoms with Crippen molar-refractivity contribution in [2.24, 2.45) is 17.3 Å². The van der Waals surface area contributed by atoms with Crippen LogP contribution in [0.5, 0.6) is 0 Å². The molecule has 1 unspecified atom stereocenters. The summed E-state index contributed by atoms with van der Waals surface area (Å²) in [5.41, 5.74) is 0.0690. The van der Waals surface area contributed by atoms with Crippen molar-refractivity contribution in [1.82, 2.24) is 0 Å². The highest BCUT2D eigenvalue weighted by molar-refractivity contribution is 5.89. The zero-order valence-corrected chi connectivity index (χ0v) is 18.0. The fourth-order valence-electron chi connectivity index (χ4n) is 4.02. The molecule has 0 bridgehead atoms. The predicted octanol–water partition coefficient (Wildman–Crippen LogP) is 3.82. The standard InChI is InChI=1S/C24H34O6/c1-4-5-13-24(2,3)21(26)12-11-17-18(14-22(27)28)19(25)15-20(17)30-23(29)16-9-7-6-8-10-16/h6-12,17-21,25-26H,4-5,13-15H2,1-3H3,(H,27,28)/t17-,18-,19+,20-,21?/m0/s1. The third-order valence-corrected chi connectivity index (χ3v) is 6.06. The van der Waals surface area contributed by atoms with E-state index in [1.165, 1.54) is 0 Å². The number of aliphatic carboxylic acids is 1. The second kappa shape index (κ2) is 10.7.